The first-order valence-corrected chi connectivity index (χ1v) is 5.63. The summed E-state index contributed by atoms with van der Waals surface area (Å²) in [6.45, 7) is 0. The first kappa shape index (κ1) is 14.8. The van der Waals surface area contributed by atoms with Gasteiger partial charge in [0.05, 0.1) is 26.7 Å². The second kappa shape index (κ2) is 6.58. The van der Waals surface area contributed by atoms with E-state index >= 15 is 0 Å². The fraction of sp³-hybridized carbons (Fsp3) is 0.417. The SMILES string of the molecule is COC(=O)CC(O)C(O)c1ccc(Cl)cc1OC. The van der Waals surface area contributed by atoms with Crippen LogP contribution in [-0.4, -0.2) is 36.5 Å². The van der Waals surface area contributed by atoms with Crippen LogP contribution in [0.15, 0.2) is 18.2 Å². The number of methoxy groups -OCH3 is 2. The zero-order valence-corrected chi connectivity index (χ0v) is 10.8. The van der Waals surface area contributed by atoms with Crippen LogP contribution in [0.4, 0.5) is 0 Å². The molecule has 0 saturated carbocycles. The summed E-state index contributed by atoms with van der Waals surface area (Å²) in [6, 6.07) is 4.62. The van der Waals surface area contributed by atoms with Crippen molar-refractivity contribution in [3.63, 3.8) is 0 Å². The maximum absolute atomic E-state index is 11.0. The molecule has 1 aromatic rings. The van der Waals surface area contributed by atoms with Gasteiger partial charge in [0.2, 0.25) is 0 Å². The fourth-order valence-corrected chi connectivity index (χ4v) is 1.66. The summed E-state index contributed by atoms with van der Waals surface area (Å²) in [4.78, 5) is 11.0. The third kappa shape index (κ3) is 3.60. The Kier molecular flexibility index (Phi) is 5.40. The average Bonchev–Trinajstić information content (AvgIpc) is 2.37. The van der Waals surface area contributed by atoms with Gasteiger partial charge in [0, 0.05) is 10.6 Å². The molecule has 0 spiro atoms. The van der Waals surface area contributed by atoms with Gasteiger partial charge in [-0.1, -0.05) is 17.7 Å². The smallest absolute Gasteiger partial charge is 0.308 e. The number of esters is 1. The molecule has 0 saturated heterocycles. The van der Waals surface area contributed by atoms with E-state index in [1.807, 2.05) is 0 Å². The maximum atomic E-state index is 11.0. The first-order valence-electron chi connectivity index (χ1n) is 5.26. The standard InChI is InChI=1S/C12H15ClO5/c1-17-10-5-7(13)3-4-8(10)12(16)9(14)6-11(15)18-2/h3-5,9,12,14,16H,6H2,1-2H3. The summed E-state index contributed by atoms with van der Waals surface area (Å²) < 4.78 is 9.48. The number of benzene rings is 1. The van der Waals surface area contributed by atoms with Crippen LogP contribution >= 0.6 is 11.6 Å². The molecule has 0 amide bonds. The molecule has 0 fully saturated rings. The lowest BCUT2D eigenvalue weighted by molar-refractivity contribution is -0.144. The minimum absolute atomic E-state index is 0.302. The van der Waals surface area contributed by atoms with Crippen LogP contribution in [0.3, 0.4) is 0 Å². The van der Waals surface area contributed by atoms with E-state index < -0.39 is 18.2 Å². The molecule has 100 valence electrons. The zero-order chi connectivity index (χ0) is 13.7. The number of rotatable bonds is 5. The van der Waals surface area contributed by atoms with E-state index in [2.05, 4.69) is 4.74 Å². The van der Waals surface area contributed by atoms with Crippen LogP contribution in [0, 0.1) is 0 Å². The van der Waals surface area contributed by atoms with Gasteiger partial charge in [-0.25, -0.2) is 0 Å². The van der Waals surface area contributed by atoms with E-state index in [4.69, 9.17) is 16.3 Å². The predicted molar refractivity (Wildman–Crippen MR) is 65.6 cm³/mol. The second-order valence-electron chi connectivity index (χ2n) is 3.68. The Hall–Kier alpha value is -1.30. The molecule has 2 N–H and O–H groups in total. The number of aliphatic hydroxyl groups excluding tert-OH is 2. The van der Waals surface area contributed by atoms with E-state index in [1.165, 1.54) is 26.4 Å². The molecule has 0 bridgehead atoms. The van der Waals surface area contributed by atoms with Crippen molar-refractivity contribution >= 4 is 17.6 Å². The molecule has 1 rings (SSSR count). The molecule has 0 aliphatic carbocycles. The topological polar surface area (TPSA) is 76.0 Å². The number of hydrogen-bond acceptors (Lipinski definition) is 5. The molecule has 0 aliphatic heterocycles. The van der Waals surface area contributed by atoms with Gasteiger partial charge < -0.3 is 19.7 Å². The molecule has 1 aromatic carbocycles. The van der Waals surface area contributed by atoms with Crippen molar-refractivity contribution in [1.29, 1.82) is 0 Å². The van der Waals surface area contributed by atoms with E-state index in [1.54, 1.807) is 6.07 Å². The Morgan fingerprint density at radius 1 is 1.39 bits per heavy atom. The highest BCUT2D eigenvalue weighted by Gasteiger charge is 2.24. The summed E-state index contributed by atoms with van der Waals surface area (Å²) in [5.41, 5.74) is 0.360. The van der Waals surface area contributed by atoms with E-state index in [0.717, 1.165) is 0 Å². The summed E-state index contributed by atoms with van der Waals surface area (Å²) in [7, 11) is 2.64. The van der Waals surface area contributed by atoms with Crippen LogP contribution in [0.2, 0.25) is 5.02 Å². The molecule has 0 aliphatic rings. The third-order valence-electron chi connectivity index (χ3n) is 2.48. The third-order valence-corrected chi connectivity index (χ3v) is 2.72. The average molecular weight is 275 g/mol. The lowest BCUT2D eigenvalue weighted by atomic mass is 10.0. The molecular weight excluding hydrogens is 260 g/mol. The van der Waals surface area contributed by atoms with Crippen LogP contribution in [0.1, 0.15) is 18.1 Å². The number of hydrogen-bond donors (Lipinski definition) is 2. The van der Waals surface area contributed by atoms with E-state index in [9.17, 15) is 15.0 Å². The summed E-state index contributed by atoms with van der Waals surface area (Å²) in [5, 5.41) is 20.1. The van der Waals surface area contributed by atoms with Crippen molar-refractivity contribution in [2.24, 2.45) is 0 Å². The Morgan fingerprint density at radius 3 is 2.61 bits per heavy atom. The van der Waals surface area contributed by atoms with Gasteiger partial charge in [-0.15, -0.1) is 0 Å². The number of carbonyl (C=O) groups is 1. The maximum Gasteiger partial charge on any atom is 0.308 e. The van der Waals surface area contributed by atoms with Gasteiger partial charge >= 0.3 is 5.97 Å². The number of ether oxygens (including phenoxy) is 2. The highest BCUT2D eigenvalue weighted by molar-refractivity contribution is 6.30. The number of aliphatic hydroxyl groups is 2. The highest BCUT2D eigenvalue weighted by Crippen LogP contribution is 2.30. The quantitative estimate of drug-likeness (QED) is 0.792. The first-order chi connectivity index (χ1) is 8.49. The Labute approximate surface area is 110 Å². The van der Waals surface area contributed by atoms with Crippen LogP contribution in [0.5, 0.6) is 5.75 Å². The van der Waals surface area contributed by atoms with Crippen molar-refractivity contribution in [2.75, 3.05) is 14.2 Å². The fourth-order valence-electron chi connectivity index (χ4n) is 1.50. The summed E-state index contributed by atoms with van der Waals surface area (Å²) >= 11 is 5.79. The predicted octanol–water partition coefficient (Wildman–Crippen LogP) is 1.31. The van der Waals surface area contributed by atoms with Gasteiger partial charge in [-0.05, 0) is 12.1 Å². The van der Waals surface area contributed by atoms with Crippen LogP contribution < -0.4 is 4.74 Å². The Bertz CT molecular complexity index is 421. The monoisotopic (exact) mass is 274 g/mol. The normalized spacial score (nSPS) is 13.8. The van der Waals surface area contributed by atoms with Crippen molar-refractivity contribution in [1.82, 2.24) is 0 Å². The number of halogens is 1. The Morgan fingerprint density at radius 2 is 2.06 bits per heavy atom. The zero-order valence-electron chi connectivity index (χ0n) is 10.1. The van der Waals surface area contributed by atoms with Gasteiger partial charge in [-0.2, -0.15) is 0 Å². The molecule has 0 radical (unpaired) electrons. The largest absolute Gasteiger partial charge is 0.496 e. The summed E-state index contributed by atoms with van der Waals surface area (Å²) in [6.07, 6.45) is -2.83. The van der Waals surface area contributed by atoms with Crippen LogP contribution in [0.25, 0.3) is 0 Å². The molecule has 18 heavy (non-hydrogen) atoms. The van der Waals surface area contributed by atoms with E-state index in [-0.39, 0.29) is 6.42 Å². The van der Waals surface area contributed by atoms with Gasteiger partial charge in [0.1, 0.15) is 11.9 Å². The minimum Gasteiger partial charge on any atom is -0.496 e. The van der Waals surface area contributed by atoms with Crippen molar-refractivity contribution < 1.29 is 24.5 Å². The van der Waals surface area contributed by atoms with Gasteiger partial charge in [0.25, 0.3) is 0 Å². The van der Waals surface area contributed by atoms with Gasteiger partial charge in [0.15, 0.2) is 0 Å². The van der Waals surface area contributed by atoms with Gasteiger partial charge in [-0.3, -0.25) is 4.79 Å². The molecule has 6 heteroatoms. The molecule has 2 atom stereocenters. The van der Waals surface area contributed by atoms with Crippen molar-refractivity contribution in [3.05, 3.63) is 28.8 Å². The number of carbonyl (C=O) groups excluding carboxylic acids is 1. The van der Waals surface area contributed by atoms with E-state index in [0.29, 0.717) is 16.3 Å². The Balaban J connectivity index is 2.89. The minimum atomic E-state index is -1.27. The van der Waals surface area contributed by atoms with Crippen molar-refractivity contribution in [2.45, 2.75) is 18.6 Å². The molecular formula is C12H15ClO5. The molecule has 0 heterocycles. The molecule has 2 unspecified atom stereocenters. The van der Waals surface area contributed by atoms with Crippen LogP contribution in [-0.2, 0) is 9.53 Å². The molecule has 0 aromatic heterocycles. The second-order valence-corrected chi connectivity index (χ2v) is 4.12. The van der Waals surface area contributed by atoms with Crippen molar-refractivity contribution in [3.8, 4) is 5.75 Å². The molecule has 5 nitrogen and oxygen atoms in total. The highest BCUT2D eigenvalue weighted by atomic mass is 35.5. The summed E-state index contributed by atoms with van der Waals surface area (Å²) in [5.74, 6) is -0.256. The lowest BCUT2D eigenvalue weighted by Crippen LogP contribution is -2.23. The lowest BCUT2D eigenvalue weighted by Gasteiger charge is -2.19.